The Morgan fingerprint density at radius 1 is 1.53 bits per heavy atom. The van der Waals surface area contributed by atoms with Crippen molar-refractivity contribution in [1.82, 2.24) is 4.72 Å². The third-order valence-corrected chi connectivity index (χ3v) is 4.14. The predicted octanol–water partition coefficient (Wildman–Crippen LogP) is 1.46. The lowest BCUT2D eigenvalue weighted by molar-refractivity contribution is 0.533. The van der Waals surface area contributed by atoms with Gasteiger partial charge in [-0.15, -0.1) is 0 Å². The van der Waals surface area contributed by atoms with Crippen LogP contribution >= 0.6 is 15.9 Å². The number of rotatable bonds is 5. The molecule has 1 aromatic carbocycles. The van der Waals surface area contributed by atoms with E-state index in [2.05, 4.69) is 20.7 Å². The number of hydrogen-bond donors (Lipinski definition) is 2. The van der Waals surface area contributed by atoms with Crippen LogP contribution in [0.5, 0.6) is 0 Å². The quantitative estimate of drug-likeness (QED) is 0.861. The highest BCUT2D eigenvalue weighted by Gasteiger charge is 2.19. The maximum Gasteiger partial charge on any atom is 0.243 e. The third kappa shape index (κ3) is 4.02. The molecule has 0 saturated carbocycles. The van der Waals surface area contributed by atoms with Gasteiger partial charge in [-0.3, -0.25) is 0 Å². The highest BCUT2D eigenvalue weighted by molar-refractivity contribution is 9.10. The number of halogens is 2. The second-order valence-corrected chi connectivity index (χ2v) is 6.42. The first-order chi connectivity index (χ1) is 7.86. The molecule has 0 radical (unpaired) electrons. The Labute approximate surface area is 109 Å². The maximum absolute atomic E-state index is 13.4. The minimum atomic E-state index is -3.83. The van der Waals surface area contributed by atoms with Crippen molar-refractivity contribution in [2.45, 2.75) is 11.8 Å². The molecular weight excluding hydrogens is 311 g/mol. The summed E-state index contributed by atoms with van der Waals surface area (Å²) in [6, 6.07) is 3.77. The minimum absolute atomic E-state index is 0.0000100. The Bertz CT molecular complexity index is 493. The van der Waals surface area contributed by atoms with Crippen molar-refractivity contribution in [3.63, 3.8) is 0 Å². The topological polar surface area (TPSA) is 72.2 Å². The number of benzene rings is 1. The number of nitrogens with two attached hydrogens (primary N) is 1. The van der Waals surface area contributed by atoms with Gasteiger partial charge >= 0.3 is 0 Å². The van der Waals surface area contributed by atoms with Crippen LogP contribution in [0.4, 0.5) is 4.39 Å². The summed E-state index contributed by atoms with van der Waals surface area (Å²) in [5, 5.41) is 0. The molecule has 0 amide bonds. The fourth-order valence-electron chi connectivity index (χ4n) is 1.10. The van der Waals surface area contributed by atoms with Crippen molar-refractivity contribution >= 4 is 26.0 Å². The molecule has 7 heteroatoms. The van der Waals surface area contributed by atoms with Gasteiger partial charge in [0.25, 0.3) is 0 Å². The fraction of sp³-hybridized carbons (Fsp3) is 0.400. The molecule has 1 atom stereocenters. The van der Waals surface area contributed by atoms with Crippen molar-refractivity contribution in [1.29, 1.82) is 0 Å². The van der Waals surface area contributed by atoms with Crippen molar-refractivity contribution < 1.29 is 12.8 Å². The molecule has 0 heterocycles. The lowest BCUT2D eigenvalue weighted by atomic mass is 10.2. The summed E-state index contributed by atoms with van der Waals surface area (Å²) >= 11 is 3.10. The van der Waals surface area contributed by atoms with E-state index < -0.39 is 15.8 Å². The van der Waals surface area contributed by atoms with E-state index in [-0.39, 0.29) is 17.4 Å². The second kappa shape index (κ2) is 5.90. The van der Waals surface area contributed by atoms with Gasteiger partial charge in [-0.05, 0) is 30.7 Å². The molecule has 1 unspecified atom stereocenters. The highest BCUT2D eigenvalue weighted by atomic mass is 79.9. The summed E-state index contributed by atoms with van der Waals surface area (Å²) in [7, 11) is -3.83. The minimum Gasteiger partial charge on any atom is -0.330 e. The molecule has 4 nitrogen and oxygen atoms in total. The number of hydrogen-bond acceptors (Lipinski definition) is 3. The van der Waals surface area contributed by atoms with Crippen LogP contribution in [0, 0.1) is 11.7 Å². The molecule has 0 saturated heterocycles. The van der Waals surface area contributed by atoms with Gasteiger partial charge in [-0.25, -0.2) is 17.5 Å². The predicted molar refractivity (Wildman–Crippen MR) is 67.5 cm³/mol. The normalized spacial score (nSPS) is 13.6. The van der Waals surface area contributed by atoms with Crippen LogP contribution in [0.3, 0.4) is 0 Å². The third-order valence-electron chi connectivity index (χ3n) is 2.21. The van der Waals surface area contributed by atoms with E-state index in [4.69, 9.17) is 5.73 Å². The maximum atomic E-state index is 13.4. The van der Waals surface area contributed by atoms with E-state index in [1.165, 1.54) is 12.1 Å². The van der Waals surface area contributed by atoms with Gasteiger partial charge < -0.3 is 5.73 Å². The summed E-state index contributed by atoms with van der Waals surface area (Å²) in [6.45, 7) is 2.36. The van der Waals surface area contributed by atoms with Crippen molar-refractivity contribution in [2.75, 3.05) is 13.1 Å². The van der Waals surface area contributed by atoms with Crippen LogP contribution in [0.15, 0.2) is 27.6 Å². The molecule has 1 rings (SSSR count). The average molecular weight is 325 g/mol. The summed E-state index contributed by atoms with van der Waals surface area (Å²) in [5.41, 5.74) is 5.38. The highest BCUT2D eigenvalue weighted by Crippen LogP contribution is 2.19. The van der Waals surface area contributed by atoms with E-state index in [9.17, 15) is 12.8 Å². The molecule has 0 aromatic heterocycles. The van der Waals surface area contributed by atoms with E-state index >= 15 is 0 Å². The van der Waals surface area contributed by atoms with Crippen molar-refractivity contribution in [2.24, 2.45) is 11.7 Å². The van der Waals surface area contributed by atoms with Gasteiger partial charge in [0.15, 0.2) is 0 Å². The molecule has 0 aliphatic carbocycles. The van der Waals surface area contributed by atoms with E-state index in [1.54, 1.807) is 6.92 Å². The van der Waals surface area contributed by atoms with Gasteiger partial charge in [0.1, 0.15) is 10.7 Å². The van der Waals surface area contributed by atoms with Gasteiger partial charge in [0, 0.05) is 11.0 Å². The lowest BCUT2D eigenvalue weighted by Crippen LogP contribution is -2.31. The Hall–Kier alpha value is -0.500. The van der Waals surface area contributed by atoms with E-state index in [1.807, 2.05) is 0 Å². The molecule has 0 aliphatic rings. The lowest BCUT2D eigenvalue weighted by Gasteiger charge is -2.11. The van der Waals surface area contributed by atoms with Crippen LogP contribution in [-0.4, -0.2) is 21.5 Å². The first kappa shape index (κ1) is 14.6. The summed E-state index contributed by atoms with van der Waals surface area (Å²) in [5.74, 6) is -0.777. The number of sulfonamides is 1. The first-order valence-corrected chi connectivity index (χ1v) is 7.29. The molecular formula is C10H14BrFN2O2S. The molecule has 17 heavy (non-hydrogen) atoms. The number of nitrogens with one attached hydrogen (secondary N) is 1. The van der Waals surface area contributed by atoms with Gasteiger partial charge in [-0.2, -0.15) is 0 Å². The smallest absolute Gasteiger partial charge is 0.243 e. The Morgan fingerprint density at radius 3 is 2.76 bits per heavy atom. The Kier molecular flexibility index (Phi) is 5.05. The van der Waals surface area contributed by atoms with Crippen LogP contribution < -0.4 is 10.5 Å². The van der Waals surface area contributed by atoms with Gasteiger partial charge in [0.05, 0.1) is 0 Å². The summed E-state index contributed by atoms with van der Waals surface area (Å²) in [4.78, 5) is -0.365. The van der Waals surface area contributed by atoms with Gasteiger partial charge in [0.2, 0.25) is 10.0 Å². The molecule has 3 N–H and O–H groups in total. The zero-order valence-corrected chi connectivity index (χ0v) is 11.7. The van der Waals surface area contributed by atoms with Crippen molar-refractivity contribution in [3.05, 3.63) is 28.5 Å². The van der Waals surface area contributed by atoms with E-state index in [0.717, 1.165) is 6.07 Å². The van der Waals surface area contributed by atoms with Gasteiger partial charge in [-0.1, -0.05) is 22.9 Å². The summed E-state index contributed by atoms with van der Waals surface area (Å²) < 4.78 is 39.9. The average Bonchev–Trinajstić information content (AvgIpc) is 2.29. The second-order valence-electron chi connectivity index (χ2n) is 3.77. The molecule has 96 valence electrons. The molecule has 0 fully saturated rings. The SMILES string of the molecule is CC(CN)CNS(=O)(=O)c1cc(Br)ccc1F. The van der Waals surface area contributed by atoms with Crippen molar-refractivity contribution in [3.8, 4) is 0 Å². The van der Waals surface area contributed by atoms with Crippen LogP contribution in [0.25, 0.3) is 0 Å². The monoisotopic (exact) mass is 324 g/mol. The van der Waals surface area contributed by atoms with Crippen LogP contribution in [-0.2, 0) is 10.0 Å². The molecule has 0 spiro atoms. The first-order valence-electron chi connectivity index (χ1n) is 5.01. The standard InChI is InChI=1S/C10H14BrFN2O2S/c1-7(5-13)6-14-17(15,16)10-4-8(11)2-3-9(10)12/h2-4,7,14H,5-6,13H2,1H3. The zero-order chi connectivity index (χ0) is 13.1. The van der Waals surface area contributed by atoms with Crippen LogP contribution in [0.1, 0.15) is 6.92 Å². The van der Waals surface area contributed by atoms with Crippen LogP contribution in [0.2, 0.25) is 0 Å². The van der Waals surface area contributed by atoms with E-state index in [0.29, 0.717) is 11.0 Å². The molecule has 1 aromatic rings. The molecule has 0 bridgehead atoms. The Balaban J connectivity index is 2.93. The fourth-order valence-corrected chi connectivity index (χ4v) is 2.88. The zero-order valence-electron chi connectivity index (χ0n) is 9.28. The Morgan fingerprint density at radius 2 is 2.18 bits per heavy atom. The largest absolute Gasteiger partial charge is 0.330 e. The molecule has 0 aliphatic heterocycles. The summed E-state index contributed by atoms with van der Waals surface area (Å²) in [6.07, 6.45) is 0.